The molecule has 1 aromatic rings. The Morgan fingerprint density at radius 3 is 2.83 bits per heavy atom. The lowest BCUT2D eigenvalue weighted by molar-refractivity contribution is 0.0811. The molecule has 1 aliphatic rings. The summed E-state index contributed by atoms with van der Waals surface area (Å²) in [5, 5.41) is 7.22. The van der Waals surface area contributed by atoms with Crippen molar-refractivity contribution in [1.82, 2.24) is 20.4 Å². The van der Waals surface area contributed by atoms with E-state index in [4.69, 9.17) is 4.52 Å². The third kappa shape index (κ3) is 2.59. The fourth-order valence-electron chi connectivity index (χ4n) is 1.88. The molecule has 100 valence electrons. The summed E-state index contributed by atoms with van der Waals surface area (Å²) < 4.78 is 5.09. The van der Waals surface area contributed by atoms with Crippen molar-refractivity contribution in [2.75, 3.05) is 26.7 Å². The van der Waals surface area contributed by atoms with E-state index in [9.17, 15) is 4.79 Å². The van der Waals surface area contributed by atoms with Gasteiger partial charge in [0.2, 0.25) is 5.78 Å². The Bertz CT molecular complexity index is 436. The Labute approximate surface area is 107 Å². The second kappa shape index (κ2) is 4.78. The molecule has 0 radical (unpaired) electrons. The average Bonchev–Trinajstić information content (AvgIpc) is 2.76. The Balaban J connectivity index is 2.17. The summed E-state index contributed by atoms with van der Waals surface area (Å²) in [6, 6.07) is 0.0732. The van der Waals surface area contributed by atoms with Gasteiger partial charge in [0, 0.05) is 25.0 Å². The van der Waals surface area contributed by atoms with Crippen LogP contribution in [0.4, 0.5) is 0 Å². The number of rotatable bonds is 2. The molecule has 0 spiro atoms. The second-order valence-corrected chi connectivity index (χ2v) is 5.74. The van der Waals surface area contributed by atoms with Gasteiger partial charge in [-0.3, -0.25) is 9.69 Å². The van der Waals surface area contributed by atoms with Gasteiger partial charge in [-0.25, -0.2) is 0 Å². The number of Topliss-reactive ketones (excluding diaryl/α,β-unsaturated/α-hetero) is 1. The molecule has 2 rings (SSSR count). The highest BCUT2D eigenvalue weighted by molar-refractivity contribution is 5.95. The number of likely N-dealkylation sites (N-methyl/N-ethyl adjacent to an activating group) is 1. The molecule has 18 heavy (non-hydrogen) atoms. The third-order valence-corrected chi connectivity index (χ3v) is 3.13. The van der Waals surface area contributed by atoms with E-state index in [2.05, 4.69) is 20.4 Å². The van der Waals surface area contributed by atoms with Gasteiger partial charge in [-0.15, -0.1) is 0 Å². The maximum Gasteiger partial charge on any atom is 0.294 e. The summed E-state index contributed by atoms with van der Waals surface area (Å²) >= 11 is 0. The molecule has 1 saturated heterocycles. The summed E-state index contributed by atoms with van der Waals surface area (Å²) in [6.45, 7) is 8.19. The number of nitrogens with one attached hydrogen (secondary N) is 1. The van der Waals surface area contributed by atoms with Crippen molar-refractivity contribution in [3.8, 4) is 0 Å². The van der Waals surface area contributed by atoms with Gasteiger partial charge in [-0.2, -0.15) is 4.98 Å². The Morgan fingerprint density at radius 2 is 2.22 bits per heavy atom. The van der Waals surface area contributed by atoms with Crippen LogP contribution in [0.5, 0.6) is 0 Å². The first-order valence-electron chi connectivity index (χ1n) is 6.19. The number of carbonyl (C=O) groups excluding carboxylic acids is 1. The zero-order valence-corrected chi connectivity index (χ0v) is 11.4. The van der Waals surface area contributed by atoms with E-state index in [1.807, 2.05) is 27.8 Å². The molecule has 1 N–H and O–H groups in total. The highest BCUT2D eigenvalue weighted by atomic mass is 16.5. The first-order valence-corrected chi connectivity index (χ1v) is 6.19. The lowest BCUT2D eigenvalue weighted by Gasteiger charge is -2.30. The molecule has 0 aromatic carbocycles. The molecule has 0 bridgehead atoms. The minimum absolute atomic E-state index is 0.0732. The van der Waals surface area contributed by atoms with Gasteiger partial charge in [-0.05, 0) is 7.05 Å². The number of piperazine rings is 1. The molecule has 6 heteroatoms. The zero-order valence-electron chi connectivity index (χ0n) is 11.4. The topological polar surface area (TPSA) is 71.3 Å². The highest BCUT2D eigenvalue weighted by Crippen LogP contribution is 2.22. The summed E-state index contributed by atoms with van der Waals surface area (Å²) in [4.78, 5) is 18.4. The summed E-state index contributed by atoms with van der Waals surface area (Å²) in [7, 11) is 2.02. The molecule has 0 amide bonds. The largest absolute Gasteiger partial charge is 0.331 e. The van der Waals surface area contributed by atoms with Crippen molar-refractivity contribution in [2.45, 2.75) is 26.8 Å². The fraction of sp³-hybridized carbons (Fsp3) is 0.750. The minimum atomic E-state index is -0.499. The van der Waals surface area contributed by atoms with Crippen LogP contribution in [0.3, 0.4) is 0 Å². The van der Waals surface area contributed by atoms with Gasteiger partial charge in [0.1, 0.15) is 0 Å². The van der Waals surface area contributed by atoms with Crippen molar-refractivity contribution >= 4 is 5.78 Å². The molecular formula is C12H20N4O2. The van der Waals surface area contributed by atoms with E-state index in [1.165, 1.54) is 0 Å². The van der Waals surface area contributed by atoms with Gasteiger partial charge in [0.05, 0.1) is 6.04 Å². The molecule has 0 aliphatic carbocycles. The lowest BCUT2D eigenvalue weighted by atomic mass is 9.91. The summed E-state index contributed by atoms with van der Waals surface area (Å²) in [5.74, 6) is 0.571. The van der Waals surface area contributed by atoms with Crippen molar-refractivity contribution in [2.24, 2.45) is 5.41 Å². The number of aromatic nitrogens is 2. The van der Waals surface area contributed by atoms with E-state index < -0.39 is 5.41 Å². The molecule has 6 nitrogen and oxygen atoms in total. The van der Waals surface area contributed by atoms with Crippen LogP contribution in [0.1, 0.15) is 43.3 Å². The number of hydrogen-bond acceptors (Lipinski definition) is 6. The van der Waals surface area contributed by atoms with Crippen molar-refractivity contribution in [1.29, 1.82) is 0 Å². The maximum atomic E-state index is 12.0. The van der Waals surface area contributed by atoms with Gasteiger partial charge in [0.25, 0.3) is 5.89 Å². The maximum absolute atomic E-state index is 12.0. The number of nitrogens with zero attached hydrogens (tertiary/aromatic N) is 3. The van der Waals surface area contributed by atoms with E-state index in [1.54, 1.807) is 0 Å². The predicted octanol–water partition coefficient (Wildman–Crippen LogP) is 0.874. The molecule has 2 heterocycles. The molecule has 1 aromatic heterocycles. The molecule has 1 atom stereocenters. The van der Waals surface area contributed by atoms with E-state index in [0.717, 1.165) is 19.6 Å². The molecular weight excluding hydrogens is 232 g/mol. The number of hydrogen-bond donors (Lipinski definition) is 1. The van der Waals surface area contributed by atoms with Gasteiger partial charge >= 0.3 is 0 Å². The van der Waals surface area contributed by atoms with Crippen LogP contribution in [0.2, 0.25) is 0 Å². The SMILES string of the molecule is CN1CCNCC1c1noc(C(=O)C(C)(C)C)n1. The molecule has 0 saturated carbocycles. The number of carbonyl (C=O) groups is 1. The van der Waals surface area contributed by atoms with Crippen LogP contribution in [-0.4, -0.2) is 47.5 Å². The summed E-state index contributed by atoms with van der Waals surface area (Å²) in [5.41, 5.74) is -0.499. The van der Waals surface area contributed by atoms with E-state index >= 15 is 0 Å². The minimum Gasteiger partial charge on any atom is -0.331 e. The van der Waals surface area contributed by atoms with Gasteiger partial charge < -0.3 is 9.84 Å². The monoisotopic (exact) mass is 252 g/mol. The van der Waals surface area contributed by atoms with Crippen LogP contribution in [0.25, 0.3) is 0 Å². The molecule has 1 aliphatic heterocycles. The van der Waals surface area contributed by atoms with Crippen LogP contribution < -0.4 is 5.32 Å². The number of ketones is 1. The normalized spacial score (nSPS) is 22.1. The highest BCUT2D eigenvalue weighted by Gasteiger charge is 2.31. The summed E-state index contributed by atoms with van der Waals surface area (Å²) in [6.07, 6.45) is 0. The van der Waals surface area contributed by atoms with Crippen LogP contribution >= 0.6 is 0 Å². The first-order chi connectivity index (χ1) is 8.39. The second-order valence-electron chi connectivity index (χ2n) is 5.74. The van der Waals surface area contributed by atoms with Crippen molar-refractivity contribution in [3.63, 3.8) is 0 Å². The van der Waals surface area contributed by atoms with Crippen molar-refractivity contribution in [3.05, 3.63) is 11.7 Å². The quantitative estimate of drug-likeness (QED) is 0.788. The lowest BCUT2D eigenvalue weighted by Crippen LogP contribution is -2.44. The van der Waals surface area contributed by atoms with Crippen molar-refractivity contribution < 1.29 is 9.32 Å². The molecule has 1 fully saturated rings. The van der Waals surface area contributed by atoms with Crippen LogP contribution in [0.15, 0.2) is 4.52 Å². The van der Waals surface area contributed by atoms with E-state index in [0.29, 0.717) is 5.82 Å². The Hall–Kier alpha value is -1.27. The first kappa shape index (κ1) is 13.2. The Morgan fingerprint density at radius 1 is 1.50 bits per heavy atom. The average molecular weight is 252 g/mol. The smallest absolute Gasteiger partial charge is 0.294 e. The van der Waals surface area contributed by atoms with Crippen LogP contribution in [0, 0.1) is 5.41 Å². The van der Waals surface area contributed by atoms with E-state index in [-0.39, 0.29) is 17.7 Å². The van der Waals surface area contributed by atoms with Gasteiger partial charge in [0.15, 0.2) is 5.82 Å². The standard InChI is InChI=1S/C12H20N4O2/c1-12(2,3)9(17)11-14-10(15-18-11)8-7-13-5-6-16(8)4/h8,13H,5-7H2,1-4H3. The Kier molecular flexibility index (Phi) is 3.49. The van der Waals surface area contributed by atoms with Gasteiger partial charge in [-0.1, -0.05) is 25.9 Å². The third-order valence-electron chi connectivity index (χ3n) is 3.13. The fourth-order valence-corrected chi connectivity index (χ4v) is 1.88. The van der Waals surface area contributed by atoms with Crippen LogP contribution in [-0.2, 0) is 0 Å². The molecule has 1 unspecified atom stereocenters. The predicted molar refractivity (Wildman–Crippen MR) is 66.3 cm³/mol. The zero-order chi connectivity index (χ0) is 13.3.